The van der Waals surface area contributed by atoms with Crippen molar-refractivity contribution < 1.29 is 33.7 Å². The summed E-state index contributed by atoms with van der Waals surface area (Å²) >= 11 is 0. The van der Waals surface area contributed by atoms with E-state index in [1.807, 2.05) is 37.3 Å². The van der Waals surface area contributed by atoms with Crippen molar-refractivity contribution in [1.29, 1.82) is 0 Å². The molecular formula is C28H29NO7. The molecule has 2 aliphatic rings. The van der Waals surface area contributed by atoms with Crippen LogP contribution in [-0.2, 0) is 23.9 Å². The van der Waals surface area contributed by atoms with Gasteiger partial charge in [0.15, 0.2) is 5.78 Å². The summed E-state index contributed by atoms with van der Waals surface area (Å²) in [6.07, 6.45) is 0.444. The lowest BCUT2D eigenvalue weighted by Gasteiger charge is -2.38. The highest BCUT2D eigenvalue weighted by Gasteiger charge is 2.47. The van der Waals surface area contributed by atoms with Crippen LogP contribution in [0.4, 0.5) is 0 Å². The molecule has 0 spiro atoms. The summed E-state index contributed by atoms with van der Waals surface area (Å²) in [6, 6.07) is 15.5. The minimum atomic E-state index is -0.967. The summed E-state index contributed by atoms with van der Waals surface area (Å²) in [7, 11) is 1.26. The number of hydrogen-bond donors (Lipinski definition) is 2. The van der Waals surface area contributed by atoms with Crippen LogP contribution >= 0.6 is 0 Å². The number of hydrogen-bond acceptors (Lipinski definition) is 8. The number of nitrogens with one attached hydrogen (secondary N) is 1. The van der Waals surface area contributed by atoms with Crippen molar-refractivity contribution in [3.8, 4) is 11.5 Å². The largest absolute Gasteiger partial charge is 0.508 e. The first-order valence-electron chi connectivity index (χ1n) is 11.8. The van der Waals surface area contributed by atoms with Gasteiger partial charge in [-0.25, -0.2) is 4.79 Å². The predicted octanol–water partition coefficient (Wildman–Crippen LogP) is 3.63. The molecule has 0 unspecified atom stereocenters. The van der Waals surface area contributed by atoms with E-state index in [-0.39, 0.29) is 36.2 Å². The molecule has 0 bridgehead atoms. The minimum absolute atomic E-state index is 0.00841. The Kier molecular flexibility index (Phi) is 7.43. The van der Waals surface area contributed by atoms with Crippen LogP contribution < -0.4 is 10.1 Å². The zero-order chi connectivity index (χ0) is 25.8. The number of aromatic hydroxyl groups is 1. The number of phenolic OH excluding ortho intramolecular Hbond substituents is 1. The van der Waals surface area contributed by atoms with E-state index in [4.69, 9.17) is 14.2 Å². The van der Waals surface area contributed by atoms with Crippen LogP contribution in [0.3, 0.4) is 0 Å². The maximum atomic E-state index is 13.7. The van der Waals surface area contributed by atoms with Crippen molar-refractivity contribution in [2.24, 2.45) is 11.8 Å². The monoisotopic (exact) mass is 491 g/mol. The third-order valence-electron chi connectivity index (χ3n) is 6.52. The Bertz CT molecular complexity index is 1210. The van der Waals surface area contributed by atoms with Gasteiger partial charge in [-0.3, -0.25) is 9.59 Å². The number of dihydropyridines is 1. The molecule has 188 valence electrons. The second-order valence-corrected chi connectivity index (χ2v) is 8.92. The Labute approximate surface area is 209 Å². The van der Waals surface area contributed by atoms with Gasteiger partial charge in [0.05, 0.1) is 12.7 Å². The predicted molar refractivity (Wildman–Crippen MR) is 131 cm³/mol. The number of benzene rings is 2. The van der Waals surface area contributed by atoms with E-state index in [1.54, 1.807) is 19.1 Å². The molecule has 8 nitrogen and oxygen atoms in total. The van der Waals surface area contributed by atoms with Crippen LogP contribution in [0.5, 0.6) is 11.5 Å². The van der Waals surface area contributed by atoms with Gasteiger partial charge in [-0.15, -0.1) is 0 Å². The number of para-hydroxylation sites is 1. The minimum Gasteiger partial charge on any atom is -0.508 e. The summed E-state index contributed by atoms with van der Waals surface area (Å²) in [5, 5.41) is 13.0. The van der Waals surface area contributed by atoms with Gasteiger partial charge < -0.3 is 24.6 Å². The molecule has 36 heavy (non-hydrogen) atoms. The normalized spacial score (nSPS) is 21.4. The molecule has 0 aromatic heterocycles. The SMILES string of the molecule is COC(=O)[C@H]1C(=O)C2=C(C[C@H]1C)NC(C)=C(C(=O)OCCOc1ccccc1)[C@H]2c1ccc(O)cc1. The zero-order valence-corrected chi connectivity index (χ0v) is 20.4. The number of methoxy groups -OCH3 is 1. The zero-order valence-electron chi connectivity index (χ0n) is 20.4. The van der Waals surface area contributed by atoms with Crippen molar-refractivity contribution >= 4 is 17.7 Å². The highest BCUT2D eigenvalue weighted by Crippen LogP contribution is 2.45. The number of Topliss-reactive ketones (excluding diaryl/α,β-unsaturated/α-hetero) is 1. The Morgan fingerprint density at radius 3 is 2.42 bits per heavy atom. The molecule has 8 heteroatoms. The van der Waals surface area contributed by atoms with E-state index in [9.17, 15) is 19.5 Å². The second-order valence-electron chi connectivity index (χ2n) is 8.92. The summed E-state index contributed by atoms with van der Waals surface area (Å²) in [5.74, 6) is -2.86. The number of esters is 2. The van der Waals surface area contributed by atoms with Gasteiger partial charge in [-0.05, 0) is 49.1 Å². The Balaban J connectivity index is 1.63. The molecule has 1 aliphatic heterocycles. The Morgan fingerprint density at radius 2 is 1.75 bits per heavy atom. The van der Waals surface area contributed by atoms with Gasteiger partial charge in [0.1, 0.15) is 30.6 Å². The number of ketones is 1. The van der Waals surface area contributed by atoms with Crippen LogP contribution in [0, 0.1) is 11.8 Å². The number of allylic oxidation sites excluding steroid dienone is 3. The third kappa shape index (κ3) is 4.98. The van der Waals surface area contributed by atoms with Crippen LogP contribution in [0.15, 0.2) is 77.1 Å². The molecule has 1 aliphatic carbocycles. The Hall–Kier alpha value is -4.07. The van der Waals surface area contributed by atoms with Gasteiger partial charge >= 0.3 is 11.9 Å². The summed E-state index contributed by atoms with van der Waals surface area (Å²) < 4.78 is 16.1. The van der Waals surface area contributed by atoms with Gasteiger partial charge in [0, 0.05) is 22.9 Å². The van der Waals surface area contributed by atoms with Gasteiger partial charge in [-0.2, -0.15) is 0 Å². The molecule has 2 N–H and O–H groups in total. The third-order valence-corrected chi connectivity index (χ3v) is 6.52. The summed E-state index contributed by atoms with van der Waals surface area (Å²) in [6.45, 7) is 3.76. The van der Waals surface area contributed by atoms with Crippen LogP contribution in [0.2, 0.25) is 0 Å². The van der Waals surface area contributed by atoms with E-state index >= 15 is 0 Å². The number of ether oxygens (including phenoxy) is 3. The molecule has 3 atom stereocenters. The first kappa shape index (κ1) is 25.0. The molecule has 0 fully saturated rings. The quantitative estimate of drug-likeness (QED) is 0.343. The number of phenols is 1. The van der Waals surface area contributed by atoms with Crippen molar-refractivity contribution in [1.82, 2.24) is 5.32 Å². The van der Waals surface area contributed by atoms with Crippen molar-refractivity contribution in [3.05, 3.63) is 82.7 Å². The van der Waals surface area contributed by atoms with Crippen LogP contribution in [0.25, 0.3) is 0 Å². The smallest absolute Gasteiger partial charge is 0.336 e. The first-order chi connectivity index (χ1) is 17.3. The number of carbonyl (C=O) groups excluding carboxylic acids is 3. The fourth-order valence-electron chi connectivity index (χ4n) is 4.84. The molecule has 2 aromatic carbocycles. The molecular weight excluding hydrogens is 462 g/mol. The number of carbonyl (C=O) groups is 3. The molecule has 0 amide bonds. The molecule has 2 aromatic rings. The van der Waals surface area contributed by atoms with E-state index in [2.05, 4.69) is 5.32 Å². The first-order valence-corrected chi connectivity index (χ1v) is 11.8. The lowest BCUT2D eigenvalue weighted by molar-refractivity contribution is -0.151. The highest BCUT2D eigenvalue weighted by molar-refractivity contribution is 6.12. The molecule has 4 rings (SSSR count). The lowest BCUT2D eigenvalue weighted by Crippen LogP contribution is -2.43. The van der Waals surface area contributed by atoms with Gasteiger partial charge in [0.2, 0.25) is 0 Å². The van der Waals surface area contributed by atoms with Crippen molar-refractivity contribution in [2.75, 3.05) is 20.3 Å². The standard InChI is InChI=1S/C28H29NO7/c1-16-15-21-25(26(31)22(16)27(32)34-3)24(18-9-11-19(30)12-10-18)23(17(2)29-21)28(33)36-14-13-35-20-7-5-4-6-8-20/h4-12,16,22,24,29-30H,13-15H2,1-3H3/t16-,22-,24-/m1/s1. The van der Waals surface area contributed by atoms with Crippen LogP contribution in [0.1, 0.15) is 31.7 Å². The van der Waals surface area contributed by atoms with E-state index < -0.39 is 23.8 Å². The maximum Gasteiger partial charge on any atom is 0.336 e. The van der Waals surface area contributed by atoms with Gasteiger partial charge in [0.25, 0.3) is 0 Å². The highest BCUT2D eigenvalue weighted by atomic mass is 16.6. The summed E-state index contributed by atoms with van der Waals surface area (Å²) in [5.41, 5.74) is 2.47. The Morgan fingerprint density at radius 1 is 1.06 bits per heavy atom. The van der Waals surface area contributed by atoms with Gasteiger partial charge in [-0.1, -0.05) is 37.3 Å². The topological polar surface area (TPSA) is 111 Å². The fraction of sp³-hybridized carbons (Fsp3) is 0.321. The average Bonchev–Trinajstić information content (AvgIpc) is 2.86. The van der Waals surface area contributed by atoms with E-state index in [0.717, 1.165) is 0 Å². The van der Waals surface area contributed by atoms with Crippen LogP contribution in [-0.4, -0.2) is 43.2 Å². The van der Waals surface area contributed by atoms with Crippen molar-refractivity contribution in [2.45, 2.75) is 26.2 Å². The second kappa shape index (κ2) is 10.7. The number of rotatable bonds is 7. The van der Waals surface area contributed by atoms with E-state index in [1.165, 1.54) is 19.2 Å². The van der Waals surface area contributed by atoms with Crippen molar-refractivity contribution in [3.63, 3.8) is 0 Å². The molecule has 0 saturated carbocycles. The molecule has 0 saturated heterocycles. The van der Waals surface area contributed by atoms with E-state index in [0.29, 0.717) is 34.7 Å². The average molecular weight is 492 g/mol. The fourth-order valence-corrected chi connectivity index (χ4v) is 4.84. The molecule has 0 radical (unpaired) electrons. The lowest BCUT2D eigenvalue weighted by atomic mass is 9.69. The molecule has 1 heterocycles. The maximum absolute atomic E-state index is 13.7. The summed E-state index contributed by atoms with van der Waals surface area (Å²) in [4.78, 5) is 39.5.